The number of fused-ring (bicyclic) bond motifs is 1. The van der Waals surface area contributed by atoms with Crippen molar-refractivity contribution in [3.8, 4) is 0 Å². The fourth-order valence-electron chi connectivity index (χ4n) is 2.38. The van der Waals surface area contributed by atoms with Crippen molar-refractivity contribution in [2.45, 2.75) is 23.6 Å². The molecular weight excluding hydrogens is 317 g/mol. The van der Waals surface area contributed by atoms with Gasteiger partial charge in [0.2, 0.25) is 15.3 Å². The standard InChI is InChI=1S/C17H14FNO3S/c1-10-3-6-15-13(7-10)17(20)16(9-19-15)23(21,22)12-5-4-11(2)14(18)8-12/h3-9H,1-2H3,(H,19,20). The number of H-pyrrole nitrogens is 1. The van der Waals surface area contributed by atoms with E-state index in [1.165, 1.54) is 19.1 Å². The van der Waals surface area contributed by atoms with Crippen LogP contribution < -0.4 is 5.43 Å². The molecular formula is C17H14FNO3S. The first-order valence-corrected chi connectivity index (χ1v) is 8.42. The zero-order valence-corrected chi connectivity index (χ0v) is 13.4. The van der Waals surface area contributed by atoms with E-state index in [-0.39, 0.29) is 9.79 Å². The van der Waals surface area contributed by atoms with E-state index in [9.17, 15) is 17.6 Å². The van der Waals surface area contributed by atoms with E-state index in [0.717, 1.165) is 17.8 Å². The molecule has 0 saturated heterocycles. The lowest BCUT2D eigenvalue weighted by molar-refractivity contribution is 0.588. The molecule has 0 amide bonds. The van der Waals surface area contributed by atoms with Crippen molar-refractivity contribution >= 4 is 20.7 Å². The highest BCUT2D eigenvalue weighted by atomic mass is 32.2. The molecule has 1 heterocycles. The van der Waals surface area contributed by atoms with E-state index in [1.807, 2.05) is 13.0 Å². The van der Waals surface area contributed by atoms with Gasteiger partial charge in [0.15, 0.2) is 0 Å². The van der Waals surface area contributed by atoms with E-state index in [0.29, 0.717) is 16.5 Å². The van der Waals surface area contributed by atoms with Gasteiger partial charge in [0.05, 0.1) is 4.90 Å². The molecule has 0 bridgehead atoms. The smallest absolute Gasteiger partial charge is 0.212 e. The number of rotatable bonds is 2. The summed E-state index contributed by atoms with van der Waals surface area (Å²) in [5.74, 6) is -0.626. The number of pyridine rings is 1. The normalized spacial score (nSPS) is 11.8. The van der Waals surface area contributed by atoms with Crippen LogP contribution >= 0.6 is 0 Å². The van der Waals surface area contributed by atoms with Gasteiger partial charge in [-0.3, -0.25) is 4.79 Å². The molecule has 118 valence electrons. The Balaban J connectivity index is 2.28. The van der Waals surface area contributed by atoms with Crippen LogP contribution in [-0.4, -0.2) is 13.4 Å². The van der Waals surface area contributed by atoms with Crippen molar-refractivity contribution in [2.75, 3.05) is 0 Å². The molecule has 3 aromatic rings. The third-order valence-corrected chi connectivity index (χ3v) is 5.50. The topological polar surface area (TPSA) is 67.0 Å². The number of benzene rings is 2. The number of sulfone groups is 1. The number of aromatic nitrogens is 1. The molecule has 0 spiro atoms. The van der Waals surface area contributed by atoms with Crippen molar-refractivity contribution < 1.29 is 12.8 Å². The maximum Gasteiger partial charge on any atom is 0.212 e. The Morgan fingerprint density at radius 1 is 1.04 bits per heavy atom. The van der Waals surface area contributed by atoms with Crippen molar-refractivity contribution in [1.82, 2.24) is 4.98 Å². The SMILES string of the molecule is Cc1ccc2[nH]cc(S(=O)(=O)c3ccc(C)c(F)c3)c(=O)c2c1. The molecule has 4 nitrogen and oxygen atoms in total. The van der Waals surface area contributed by atoms with Crippen LogP contribution in [0.25, 0.3) is 10.9 Å². The average molecular weight is 331 g/mol. The second-order valence-electron chi connectivity index (χ2n) is 5.45. The van der Waals surface area contributed by atoms with Gasteiger partial charge < -0.3 is 4.98 Å². The summed E-state index contributed by atoms with van der Waals surface area (Å²) in [7, 11) is -4.10. The monoisotopic (exact) mass is 331 g/mol. The van der Waals surface area contributed by atoms with Gasteiger partial charge in [-0.1, -0.05) is 17.7 Å². The molecule has 1 aromatic heterocycles. The predicted octanol–water partition coefficient (Wildman–Crippen LogP) is 3.12. The Hall–Kier alpha value is -2.47. The largest absolute Gasteiger partial charge is 0.360 e. The Morgan fingerprint density at radius 3 is 2.48 bits per heavy atom. The van der Waals surface area contributed by atoms with E-state index >= 15 is 0 Å². The van der Waals surface area contributed by atoms with Gasteiger partial charge in [0.1, 0.15) is 10.7 Å². The van der Waals surface area contributed by atoms with Crippen LogP contribution in [0.5, 0.6) is 0 Å². The van der Waals surface area contributed by atoms with E-state index in [4.69, 9.17) is 0 Å². The maximum atomic E-state index is 13.7. The van der Waals surface area contributed by atoms with Gasteiger partial charge in [-0.2, -0.15) is 0 Å². The van der Waals surface area contributed by atoms with Crippen LogP contribution in [0.15, 0.2) is 57.2 Å². The van der Waals surface area contributed by atoms with Gasteiger partial charge in [0, 0.05) is 17.1 Å². The van der Waals surface area contributed by atoms with Crippen LogP contribution in [0.4, 0.5) is 4.39 Å². The molecule has 23 heavy (non-hydrogen) atoms. The summed E-state index contributed by atoms with van der Waals surface area (Å²) in [5, 5.41) is 0.290. The third kappa shape index (κ3) is 2.55. The average Bonchev–Trinajstić information content (AvgIpc) is 2.50. The van der Waals surface area contributed by atoms with Gasteiger partial charge in [-0.15, -0.1) is 0 Å². The van der Waals surface area contributed by atoms with Crippen molar-refractivity contribution in [3.05, 3.63) is 69.8 Å². The van der Waals surface area contributed by atoms with Crippen LogP contribution in [0, 0.1) is 19.7 Å². The summed E-state index contributed by atoms with van der Waals surface area (Å²) in [5.41, 5.74) is 1.14. The summed E-state index contributed by atoms with van der Waals surface area (Å²) in [6, 6.07) is 8.78. The molecule has 3 rings (SSSR count). The number of aryl methyl sites for hydroxylation is 2. The number of hydrogen-bond donors (Lipinski definition) is 1. The molecule has 2 aromatic carbocycles. The summed E-state index contributed by atoms with van der Waals surface area (Å²) >= 11 is 0. The summed E-state index contributed by atoms with van der Waals surface area (Å²) in [6.45, 7) is 3.35. The van der Waals surface area contributed by atoms with E-state index < -0.39 is 21.1 Å². The first-order chi connectivity index (χ1) is 10.8. The highest BCUT2D eigenvalue weighted by Gasteiger charge is 2.23. The highest BCUT2D eigenvalue weighted by molar-refractivity contribution is 7.91. The Labute approximate surface area is 132 Å². The lowest BCUT2D eigenvalue weighted by Gasteiger charge is -2.07. The number of nitrogens with one attached hydrogen (secondary N) is 1. The molecule has 0 unspecified atom stereocenters. The van der Waals surface area contributed by atoms with Crippen LogP contribution in [0.3, 0.4) is 0 Å². The predicted molar refractivity (Wildman–Crippen MR) is 85.9 cm³/mol. The lowest BCUT2D eigenvalue weighted by atomic mass is 10.1. The Bertz CT molecular complexity index is 1080. The number of aromatic amines is 1. The molecule has 1 N–H and O–H groups in total. The maximum absolute atomic E-state index is 13.7. The Kier molecular flexibility index (Phi) is 3.56. The van der Waals surface area contributed by atoms with Crippen molar-refractivity contribution in [1.29, 1.82) is 0 Å². The van der Waals surface area contributed by atoms with Gasteiger partial charge in [-0.25, -0.2) is 12.8 Å². The van der Waals surface area contributed by atoms with Crippen LogP contribution in [0.2, 0.25) is 0 Å². The summed E-state index contributed by atoms with van der Waals surface area (Å²) < 4.78 is 39.0. The molecule has 0 aliphatic heterocycles. The third-order valence-electron chi connectivity index (χ3n) is 3.75. The number of halogens is 1. The zero-order chi connectivity index (χ0) is 16.8. The van der Waals surface area contributed by atoms with Crippen molar-refractivity contribution in [3.63, 3.8) is 0 Å². The quantitative estimate of drug-likeness (QED) is 0.784. The Morgan fingerprint density at radius 2 is 1.78 bits per heavy atom. The van der Waals surface area contributed by atoms with Crippen LogP contribution in [-0.2, 0) is 9.84 Å². The fourth-order valence-corrected chi connectivity index (χ4v) is 3.71. The molecule has 0 aliphatic carbocycles. The number of hydrogen-bond acceptors (Lipinski definition) is 3. The fraction of sp³-hybridized carbons (Fsp3) is 0.118. The van der Waals surface area contributed by atoms with Crippen molar-refractivity contribution in [2.24, 2.45) is 0 Å². The zero-order valence-electron chi connectivity index (χ0n) is 12.6. The summed E-state index contributed by atoms with van der Waals surface area (Å²) in [6.07, 6.45) is 1.16. The van der Waals surface area contributed by atoms with Gasteiger partial charge >= 0.3 is 0 Å². The molecule has 0 fully saturated rings. The van der Waals surface area contributed by atoms with Gasteiger partial charge in [0.25, 0.3) is 0 Å². The second-order valence-corrected chi connectivity index (χ2v) is 7.36. The minimum Gasteiger partial charge on any atom is -0.360 e. The highest BCUT2D eigenvalue weighted by Crippen LogP contribution is 2.22. The molecule has 0 atom stereocenters. The second kappa shape index (κ2) is 5.31. The molecule has 6 heteroatoms. The van der Waals surface area contributed by atoms with Crippen LogP contribution in [0.1, 0.15) is 11.1 Å². The minimum atomic E-state index is -4.10. The first-order valence-electron chi connectivity index (χ1n) is 6.94. The minimum absolute atomic E-state index is 0.238. The lowest BCUT2D eigenvalue weighted by Crippen LogP contribution is -2.16. The first kappa shape index (κ1) is 15.4. The molecule has 0 saturated carbocycles. The molecule has 0 radical (unpaired) electrons. The van der Waals surface area contributed by atoms with Gasteiger partial charge in [-0.05, 0) is 43.7 Å². The summed E-state index contributed by atoms with van der Waals surface area (Å²) in [4.78, 5) is 14.7. The van der Waals surface area contributed by atoms with E-state index in [1.54, 1.807) is 12.1 Å². The van der Waals surface area contributed by atoms with E-state index in [2.05, 4.69) is 4.98 Å². The molecule has 0 aliphatic rings.